The number of nitrogens with zero attached hydrogens (tertiary/aromatic N) is 4. The van der Waals surface area contributed by atoms with Gasteiger partial charge in [-0.25, -0.2) is 0 Å². The fourth-order valence-corrected chi connectivity index (χ4v) is 3.46. The highest BCUT2D eigenvalue weighted by Crippen LogP contribution is 2.18. The third-order valence-corrected chi connectivity index (χ3v) is 4.76. The summed E-state index contributed by atoms with van der Waals surface area (Å²) in [6.07, 6.45) is 8.32. The maximum absolute atomic E-state index is 4.70. The van der Waals surface area contributed by atoms with Gasteiger partial charge in [-0.1, -0.05) is 74.3 Å². The van der Waals surface area contributed by atoms with Crippen LogP contribution in [0.1, 0.15) is 55.4 Å². The second-order valence-electron chi connectivity index (χ2n) is 5.63. The molecular formula is C17H22N4S. The number of aryl methyl sites for hydroxylation is 1. The van der Waals surface area contributed by atoms with Crippen LogP contribution in [0.5, 0.6) is 0 Å². The molecule has 0 radical (unpaired) electrons. The second-order valence-corrected chi connectivity index (χ2v) is 6.67. The SMILES string of the molecule is CCCCCCCc1nn2c(Cc3ccccc3)nnc2s1. The summed E-state index contributed by atoms with van der Waals surface area (Å²) < 4.78 is 1.92. The summed E-state index contributed by atoms with van der Waals surface area (Å²) in [5, 5.41) is 14.4. The molecule has 0 amide bonds. The van der Waals surface area contributed by atoms with Crippen molar-refractivity contribution in [3.8, 4) is 0 Å². The third kappa shape index (κ3) is 3.71. The minimum atomic E-state index is 0.779. The molecule has 4 nitrogen and oxygen atoms in total. The Balaban J connectivity index is 1.64. The van der Waals surface area contributed by atoms with Crippen LogP contribution in [0.3, 0.4) is 0 Å². The Morgan fingerprint density at radius 1 is 1.00 bits per heavy atom. The van der Waals surface area contributed by atoms with Crippen molar-refractivity contribution in [1.29, 1.82) is 0 Å². The molecule has 0 aliphatic carbocycles. The number of fused-ring (bicyclic) bond motifs is 1. The van der Waals surface area contributed by atoms with Crippen molar-refractivity contribution in [2.24, 2.45) is 0 Å². The van der Waals surface area contributed by atoms with Gasteiger partial charge in [0.05, 0.1) is 0 Å². The summed E-state index contributed by atoms with van der Waals surface area (Å²) in [7, 11) is 0. The van der Waals surface area contributed by atoms with Crippen LogP contribution in [0.25, 0.3) is 4.96 Å². The normalized spacial score (nSPS) is 11.3. The van der Waals surface area contributed by atoms with Crippen molar-refractivity contribution in [2.45, 2.75) is 51.9 Å². The van der Waals surface area contributed by atoms with Crippen molar-refractivity contribution in [3.05, 3.63) is 46.7 Å². The monoisotopic (exact) mass is 314 g/mol. The molecule has 22 heavy (non-hydrogen) atoms. The summed E-state index contributed by atoms with van der Waals surface area (Å²) >= 11 is 1.67. The van der Waals surface area contributed by atoms with Crippen molar-refractivity contribution < 1.29 is 0 Å². The first-order valence-electron chi connectivity index (χ1n) is 8.10. The Hall–Kier alpha value is -1.75. The molecule has 3 aromatic rings. The van der Waals surface area contributed by atoms with Gasteiger partial charge >= 0.3 is 0 Å². The lowest BCUT2D eigenvalue weighted by Gasteiger charge is -1.98. The van der Waals surface area contributed by atoms with Crippen LogP contribution in [0.2, 0.25) is 0 Å². The van der Waals surface area contributed by atoms with Gasteiger partial charge < -0.3 is 0 Å². The van der Waals surface area contributed by atoms with Gasteiger partial charge in [-0.3, -0.25) is 0 Å². The molecule has 0 bridgehead atoms. The third-order valence-electron chi connectivity index (χ3n) is 3.80. The maximum atomic E-state index is 4.70. The average molecular weight is 314 g/mol. The van der Waals surface area contributed by atoms with Gasteiger partial charge in [-0.2, -0.15) is 9.61 Å². The smallest absolute Gasteiger partial charge is 0.187 e. The van der Waals surface area contributed by atoms with Crippen LogP contribution in [-0.2, 0) is 12.8 Å². The molecule has 0 N–H and O–H groups in total. The van der Waals surface area contributed by atoms with E-state index in [0.29, 0.717) is 0 Å². The molecule has 0 atom stereocenters. The first-order valence-corrected chi connectivity index (χ1v) is 8.92. The zero-order chi connectivity index (χ0) is 15.2. The first-order chi connectivity index (χ1) is 10.9. The summed E-state index contributed by atoms with van der Waals surface area (Å²) in [6, 6.07) is 10.4. The fourth-order valence-electron chi connectivity index (χ4n) is 2.57. The largest absolute Gasteiger partial charge is 0.234 e. The highest BCUT2D eigenvalue weighted by molar-refractivity contribution is 7.16. The lowest BCUT2D eigenvalue weighted by atomic mass is 10.1. The molecule has 2 aromatic heterocycles. The number of aromatic nitrogens is 4. The predicted molar refractivity (Wildman–Crippen MR) is 90.4 cm³/mol. The Bertz CT molecular complexity index is 702. The Morgan fingerprint density at radius 3 is 2.64 bits per heavy atom. The van der Waals surface area contributed by atoms with E-state index in [9.17, 15) is 0 Å². The molecule has 0 unspecified atom stereocenters. The van der Waals surface area contributed by atoms with Gasteiger partial charge in [0.2, 0.25) is 4.96 Å². The average Bonchev–Trinajstić information content (AvgIpc) is 3.10. The van der Waals surface area contributed by atoms with E-state index < -0.39 is 0 Å². The highest BCUT2D eigenvalue weighted by Gasteiger charge is 2.11. The van der Waals surface area contributed by atoms with Gasteiger partial charge in [-0.05, 0) is 12.0 Å². The van der Waals surface area contributed by atoms with E-state index in [1.807, 2.05) is 10.6 Å². The van der Waals surface area contributed by atoms with Gasteiger partial charge in [0, 0.05) is 12.8 Å². The van der Waals surface area contributed by atoms with Crippen LogP contribution >= 0.6 is 11.3 Å². The maximum Gasteiger partial charge on any atom is 0.234 e. The van der Waals surface area contributed by atoms with Crippen molar-refractivity contribution in [1.82, 2.24) is 19.8 Å². The number of hydrogen-bond acceptors (Lipinski definition) is 4. The van der Waals surface area contributed by atoms with E-state index in [4.69, 9.17) is 5.10 Å². The van der Waals surface area contributed by atoms with Gasteiger partial charge in [0.15, 0.2) is 5.82 Å². The highest BCUT2D eigenvalue weighted by atomic mass is 32.1. The van der Waals surface area contributed by atoms with Gasteiger partial charge in [0.25, 0.3) is 0 Å². The van der Waals surface area contributed by atoms with E-state index >= 15 is 0 Å². The molecule has 5 heteroatoms. The van der Waals surface area contributed by atoms with E-state index in [-0.39, 0.29) is 0 Å². The van der Waals surface area contributed by atoms with E-state index in [0.717, 1.165) is 23.6 Å². The van der Waals surface area contributed by atoms with E-state index in [1.54, 1.807) is 11.3 Å². The zero-order valence-electron chi connectivity index (χ0n) is 13.0. The molecule has 0 saturated carbocycles. The number of unbranched alkanes of at least 4 members (excludes halogenated alkanes) is 4. The minimum Gasteiger partial charge on any atom is -0.187 e. The molecule has 116 valence electrons. The van der Waals surface area contributed by atoms with E-state index in [1.165, 1.54) is 42.7 Å². The molecule has 0 saturated heterocycles. The van der Waals surface area contributed by atoms with Crippen LogP contribution in [-0.4, -0.2) is 19.8 Å². The van der Waals surface area contributed by atoms with Crippen LogP contribution in [0.4, 0.5) is 0 Å². The number of benzene rings is 1. The second kappa shape index (κ2) is 7.49. The molecule has 1 aromatic carbocycles. The first kappa shape index (κ1) is 15.2. The summed E-state index contributed by atoms with van der Waals surface area (Å²) in [5.41, 5.74) is 1.24. The standard InChI is InChI=1S/C17H22N4S/c1-2-3-4-5-9-12-16-20-21-15(18-19-17(21)22-16)13-14-10-7-6-8-11-14/h6-8,10-11H,2-5,9,12-13H2,1H3. The number of hydrogen-bond donors (Lipinski definition) is 0. The quantitative estimate of drug-likeness (QED) is 0.583. The molecular weight excluding hydrogens is 292 g/mol. The lowest BCUT2D eigenvalue weighted by Crippen LogP contribution is -1.98. The van der Waals surface area contributed by atoms with Crippen molar-refractivity contribution >= 4 is 16.3 Å². The van der Waals surface area contributed by atoms with Crippen LogP contribution < -0.4 is 0 Å². The fraction of sp³-hybridized carbons (Fsp3) is 0.471. The Kier molecular flexibility index (Phi) is 5.16. The minimum absolute atomic E-state index is 0.779. The topological polar surface area (TPSA) is 43.1 Å². The van der Waals surface area contributed by atoms with Gasteiger partial charge in [0.1, 0.15) is 5.01 Å². The molecule has 0 spiro atoms. The molecule has 0 aliphatic heterocycles. The summed E-state index contributed by atoms with van der Waals surface area (Å²) in [5.74, 6) is 0.926. The van der Waals surface area contributed by atoms with Crippen molar-refractivity contribution in [3.63, 3.8) is 0 Å². The Morgan fingerprint density at radius 2 is 1.82 bits per heavy atom. The molecule has 0 aliphatic rings. The zero-order valence-corrected chi connectivity index (χ0v) is 13.9. The predicted octanol–water partition coefficient (Wildman–Crippen LogP) is 4.29. The molecule has 2 heterocycles. The lowest BCUT2D eigenvalue weighted by molar-refractivity contribution is 0.628. The summed E-state index contributed by atoms with van der Waals surface area (Å²) in [6.45, 7) is 2.25. The Labute approximate surface area is 135 Å². The molecule has 3 rings (SSSR count). The summed E-state index contributed by atoms with van der Waals surface area (Å²) in [4.78, 5) is 0.912. The van der Waals surface area contributed by atoms with Crippen LogP contribution in [0.15, 0.2) is 30.3 Å². The van der Waals surface area contributed by atoms with Crippen LogP contribution in [0, 0.1) is 0 Å². The van der Waals surface area contributed by atoms with E-state index in [2.05, 4.69) is 41.4 Å². The van der Waals surface area contributed by atoms with Crippen molar-refractivity contribution in [2.75, 3.05) is 0 Å². The van der Waals surface area contributed by atoms with Gasteiger partial charge in [-0.15, -0.1) is 10.2 Å². The number of rotatable bonds is 8. The molecule has 0 fully saturated rings.